The van der Waals surface area contributed by atoms with Crippen LogP contribution >= 0.6 is 11.6 Å². The van der Waals surface area contributed by atoms with Gasteiger partial charge in [0.05, 0.1) is 20.0 Å². The van der Waals surface area contributed by atoms with Crippen molar-refractivity contribution in [3.05, 3.63) is 58.5 Å². The van der Waals surface area contributed by atoms with Gasteiger partial charge >= 0.3 is 12.1 Å². The quantitative estimate of drug-likeness (QED) is 0.476. The lowest BCUT2D eigenvalue weighted by Gasteiger charge is -2.50. The SMILES string of the molecule is COC(=O)CCCN(Cc1ccc(Cl)cc1)C(=O)C1(C)CCN1C(=O)OC1=CCCC(OC)=C1. The number of hydrogen-bond acceptors (Lipinski definition) is 6. The maximum Gasteiger partial charge on any atom is 0.416 e. The maximum absolute atomic E-state index is 13.7. The van der Waals surface area contributed by atoms with Crippen LogP contribution in [0.25, 0.3) is 0 Å². The third kappa shape index (κ3) is 6.11. The molecule has 3 rings (SSSR count). The van der Waals surface area contributed by atoms with Gasteiger partial charge in [0.1, 0.15) is 11.3 Å². The summed E-state index contributed by atoms with van der Waals surface area (Å²) in [4.78, 5) is 41.3. The molecule has 1 saturated heterocycles. The first-order chi connectivity index (χ1) is 16.3. The van der Waals surface area contributed by atoms with Gasteiger partial charge in [0, 0.05) is 43.6 Å². The monoisotopic (exact) mass is 490 g/mol. The van der Waals surface area contributed by atoms with Crippen molar-refractivity contribution in [1.82, 2.24) is 9.80 Å². The lowest BCUT2D eigenvalue weighted by molar-refractivity contribution is -0.151. The molecule has 0 aromatic heterocycles. The number of methoxy groups -OCH3 is 2. The van der Waals surface area contributed by atoms with E-state index in [2.05, 4.69) is 0 Å². The Morgan fingerprint density at radius 1 is 1.18 bits per heavy atom. The van der Waals surface area contributed by atoms with Crippen LogP contribution in [0.2, 0.25) is 5.02 Å². The van der Waals surface area contributed by atoms with E-state index in [0.29, 0.717) is 49.7 Å². The largest absolute Gasteiger partial charge is 0.501 e. The highest BCUT2D eigenvalue weighted by Gasteiger charge is 2.52. The molecule has 1 heterocycles. The van der Waals surface area contributed by atoms with Gasteiger partial charge in [0.15, 0.2) is 0 Å². The van der Waals surface area contributed by atoms with E-state index in [1.807, 2.05) is 18.2 Å². The molecule has 0 spiro atoms. The molecule has 184 valence electrons. The Bertz CT molecular complexity index is 974. The third-order valence-electron chi connectivity index (χ3n) is 6.22. The van der Waals surface area contributed by atoms with Crippen LogP contribution < -0.4 is 0 Å². The number of ether oxygens (including phenoxy) is 3. The highest BCUT2D eigenvalue weighted by atomic mass is 35.5. The summed E-state index contributed by atoms with van der Waals surface area (Å²) in [6.07, 6.45) is 5.60. The maximum atomic E-state index is 13.7. The smallest absolute Gasteiger partial charge is 0.416 e. The lowest BCUT2D eigenvalue weighted by Crippen LogP contribution is -2.67. The summed E-state index contributed by atoms with van der Waals surface area (Å²) in [5.74, 6) is 0.642. The molecular formula is C25H31ClN2O6. The molecule has 9 heteroatoms. The molecule has 8 nitrogen and oxygen atoms in total. The topological polar surface area (TPSA) is 85.4 Å². The van der Waals surface area contributed by atoms with Gasteiger partial charge in [-0.3, -0.25) is 14.5 Å². The van der Waals surface area contributed by atoms with Crippen molar-refractivity contribution in [1.29, 1.82) is 0 Å². The standard InChI is InChI=1S/C25H31ClN2O6/c1-25(13-15-28(25)24(31)34-21-7-4-6-20(16-21)32-2)23(30)27(14-5-8-22(29)33-3)17-18-9-11-19(26)12-10-18/h7,9-12,16H,4-6,8,13-15,17H2,1-3H3. The fraction of sp³-hybridized carbons (Fsp3) is 0.480. The number of allylic oxidation sites excluding steroid dienone is 3. The molecule has 2 amide bonds. The molecule has 1 aliphatic carbocycles. The van der Waals surface area contributed by atoms with Gasteiger partial charge in [-0.2, -0.15) is 0 Å². The average molecular weight is 491 g/mol. The second-order valence-electron chi connectivity index (χ2n) is 8.54. The van der Waals surface area contributed by atoms with Crippen molar-refractivity contribution >= 4 is 29.6 Å². The fourth-order valence-corrected chi connectivity index (χ4v) is 4.15. The molecule has 2 aliphatic rings. The summed E-state index contributed by atoms with van der Waals surface area (Å²) in [7, 11) is 2.92. The van der Waals surface area contributed by atoms with Crippen LogP contribution in [-0.2, 0) is 30.3 Å². The van der Waals surface area contributed by atoms with Crippen molar-refractivity contribution in [2.75, 3.05) is 27.3 Å². The first-order valence-electron chi connectivity index (χ1n) is 11.3. The minimum absolute atomic E-state index is 0.193. The number of esters is 1. The summed E-state index contributed by atoms with van der Waals surface area (Å²) >= 11 is 6.00. The van der Waals surface area contributed by atoms with Crippen molar-refractivity contribution in [3.63, 3.8) is 0 Å². The van der Waals surface area contributed by atoms with Gasteiger partial charge in [0.2, 0.25) is 5.91 Å². The summed E-state index contributed by atoms with van der Waals surface area (Å²) in [6.45, 7) is 2.86. The van der Waals surface area contributed by atoms with Crippen LogP contribution in [-0.4, -0.2) is 60.6 Å². The van der Waals surface area contributed by atoms with Crippen LogP contribution in [0.1, 0.15) is 44.6 Å². The molecule has 1 atom stereocenters. The normalized spacial score (nSPS) is 19.4. The van der Waals surface area contributed by atoms with Gasteiger partial charge in [-0.25, -0.2) is 4.79 Å². The summed E-state index contributed by atoms with van der Waals surface area (Å²) in [5, 5.41) is 0.606. The molecular weight excluding hydrogens is 460 g/mol. The summed E-state index contributed by atoms with van der Waals surface area (Å²) in [5.41, 5.74) is -0.130. The minimum Gasteiger partial charge on any atom is -0.501 e. The van der Waals surface area contributed by atoms with E-state index in [1.54, 1.807) is 37.1 Å². The first-order valence-corrected chi connectivity index (χ1v) is 11.7. The number of benzene rings is 1. The molecule has 0 bridgehead atoms. The Morgan fingerprint density at radius 3 is 2.53 bits per heavy atom. The Morgan fingerprint density at radius 2 is 1.91 bits per heavy atom. The number of carbonyl (C=O) groups excluding carboxylic acids is 3. The van der Waals surface area contributed by atoms with Gasteiger partial charge in [-0.15, -0.1) is 0 Å². The van der Waals surface area contributed by atoms with Crippen LogP contribution in [0.5, 0.6) is 0 Å². The van der Waals surface area contributed by atoms with E-state index >= 15 is 0 Å². The molecule has 1 aliphatic heterocycles. The van der Waals surface area contributed by atoms with E-state index in [9.17, 15) is 14.4 Å². The van der Waals surface area contributed by atoms with Crippen molar-refractivity contribution < 1.29 is 28.6 Å². The van der Waals surface area contributed by atoms with Crippen LogP contribution in [0.15, 0.2) is 47.9 Å². The van der Waals surface area contributed by atoms with E-state index in [4.69, 9.17) is 25.8 Å². The number of nitrogens with zero attached hydrogens (tertiary/aromatic N) is 2. The Hall–Kier alpha value is -3.00. The van der Waals surface area contributed by atoms with E-state index < -0.39 is 11.6 Å². The third-order valence-corrected chi connectivity index (χ3v) is 6.47. The Kier molecular flexibility index (Phi) is 8.61. The number of amides is 2. The molecule has 0 radical (unpaired) electrons. The lowest BCUT2D eigenvalue weighted by atomic mass is 9.85. The van der Waals surface area contributed by atoms with E-state index in [0.717, 1.165) is 17.7 Å². The highest BCUT2D eigenvalue weighted by molar-refractivity contribution is 6.30. The van der Waals surface area contributed by atoms with Gasteiger partial charge in [-0.1, -0.05) is 23.7 Å². The van der Waals surface area contributed by atoms with E-state index in [1.165, 1.54) is 12.0 Å². The predicted octanol–water partition coefficient (Wildman–Crippen LogP) is 4.43. The number of carbonyl (C=O) groups is 3. The zero-order chi connectivity index (χ0) is 24.7. The van der Waals surface area contributed by atoms with Crippen LogP contribution in [0.4, 0.5) is 4.79 Å². The molecule has 0 N–H and O–H groups in total. The van der Waals surface area contributed by atoms with Crippen molar-refractivity contribution in [2.45, 2.75) is 51.1 Å². The van der Waals surface area contributed by atoms with E-state index in [-0.39, 0.29) is 18.3 Å². The van der Waals surface area contributed by atoms with Crippen molar-refractivity contribution in [2.24, 2.45) is 0 Å². The zero-order valence-corrected chi connectivity index (χ0v) is 20.6. The molecule has 1 aromatic carbocycles. The predicted molar refractivity (Wildman–Crippen MR) is 127 cm³/mol. The number of likely N-dealkylation sites (tertiary alicyclic amines) is 1. The van der Waals surface area contributed by atoms with Crippen LogP contribution in [0, 0.1) is 0 Å². The van der Waals surface area contributed by atoms with Gasteiger partial charge in [0.25, 0.3) is 0 Å². The van der Waals surface area contributed by atoms with Crippen LogP contribution in [0.3, 0.4) is 0 Å². The molecule has 1 aromatic rings. The Labute approximate surface area is 205 Å². The fourth-order valence-electron chi connectivity index (χ4n) is 4.03. The highest BCUT2D eigenvalue weighted by Crippen LogP contribution is 2.34. The van der Waals surface area contributed by atoms with Gasteiger partial charge in [-0.05, 0) is 50.0 Å². The first kappa shape index (κ1) is 25.6. The molecule has 1 unspecified atom stereocenters. The molecule has 0 saturated carbocycles. The number of halogens is 1. The summed E-state index contributed by atoms with van der Waals surface area (Å²) in [6, 6.07) is 7.24. The second-order valence-corrected chi connectivity index (χ2v) is 8.97. The molecule has 1 fully saturated rings. The average Bonchev–Trinajstić information content (AvgIpc) is 2.82. The summed E-state index contributed by atoms with van der Waals surface area (Å²) < 4.78 is 15.5. The van der Waals surface area contributed by atoms with Gasteiger partial charge < -0.3 is 19.1 Å². The molecule has 34 heavy (non-hydrogen) atoms. The number of hydrogen-bond donors (Lipinski definition) is 0. The second kappa shape index (κ2) is 11.4. The minimum atomic E-state index is -1.03. The number of rotatable bonds is 9. The van der Waals surface area contributed by atoms with Crippen molar-refractivity contribution in [3.8, 4) is 0 Å². The Balaban J connectivity index is 1.71. The zero-order valence-electron chi connectivity index (χ0n) is 19.8.